The molecule has 1 aromatic carbocycles. The zero-order valence-electron chi connectivity index (χ0n) is 14.1. The third-order valence-corrected chi connectivity index (χ3v) is 6.25. The molecule has 2 aliphatic carbocycles. The number of rotatable bonds is 1. The highest BCUT2D eigenvalue weighted by Crippen LogP contribution is 2.57. The molecule has 1 heteroatoms. The Morgan fingerprint density at radius 2 is 1.86 bits per heavy atom. The van der Waals surface area contributed by atoms with Gasteiger partial charge in [-0.1, -0.05) is 53.2 Å². The lowest BCUT2D eigenvalue weighted by molar-refractivity contribution is 0.0368. The van der Waals surface area contributed by atoms with Crippen molar-refractivity contribution in [3.05, 3.63) is 34.9 Å². The Morgan fingerprint density at radius 1 is 1.14 bits per heavy atom. The van der Waals surface area contributed by atoms with Gasteiger partial charge in [0.2, 0.25) is 0 Å². The molecule has 1 saturated carbocycles. The number of hydrogen-bond donors (Lipinski definition) is 0. The van der Waals surface area contributed by atoms with Crippen LogP contribution in [0.3, 0.4) is 0 Å². The normalized spacial score (nSPS) is 31.0. The summed E-state index contributed by atoms with van der Waals surface area (Å²) in [4.78, 5) is 12.7. The number of Topliss-reactive ketones (excluding diaryl/α,β-unsaturated/α-hetero) is 1. The van der Waals surface area contributed by atoms with Gasteiger partial charge in [0.25, 0.3) is 0 Å². The fourth-order valence-electron chi connectivity index (χ4n) is 4.89. The molecule has 0 spiro atoms. The van der Waals surface area contributed by atoms with Gasteiger partial charge >= 0.3 is 0 Å². The van der Waals surface area contributed by atoms with Crippen LogP contribution >= 0.6 is 0 Å². The Hall–Kier alpha value is -1.11. The lowest BCUT2D eigenvalue weighted by Gasteiger charge is -2.53. The van der Waals surface area contributed by atoms with Crippen molar-refractivity contribution in [2.75, 3.05) is 0 Å². The summed E-state index contributed by atoms with van der Waals surface area (Å²) in [5.74, 6) is 1.34. The molecule has 0 radical (unpaired) electrons. The third kappa shape index (κ3) is 2.17. The smallest absolute Gasteiger partial charge is 0.163 e. The van der Waals surface area contributed by atoms with Crippen LogP contribution in [0.5, 0.6) is 0 Å². The van der Waals surface area contributed by atoms with Crippen LogP contribution in [0, 0.1) is 11.3 Å². The fraction of sp³-hybridized carbons (Fsp3) is 0.650. The summed E-state index contributed by atoms with van der Waals surface area (Å²) in [5, 5.41) is 0. The van der Waals surface area contributed by atoms with E-state index in [0.29, 0.717) is 17.6 Å². The lowest BCUT2D eigenvalue weighted by Crippen LogP contribution is -2.49. The van der Waals surface area contributed by atoms with E-state index in [2.05, 4.69) is 52.8 Å². The summed E-state index contributed by atoms with van der Waals surface area (Å²) in [5.41, 5.74) is 4.08. The van der Waals surface area contributed by atoms with Crippen molar-refractivity contribution in [2.24, 2.45) is 11.3 Å². The van der Waals surface area contributed by atoms with E-state index in [9.17, 15) is 4.79 Å². The molecule has 21 heavy (non-hydrogen) atoms. The second-order valence-electron chi connectivity index (χ2n) is 8.40. The molecule has 0 bridgehead atoms. The quantitative estimate of drug-likeness (QED) is 0.667. The number of ketones is 1. The highest BCUT2D eigenvalue weighted by atomic mass is 16.1. The Morgan fingerprint density at radius 3 is 2.52 bits per heavy atom. The molecule has 1 fully saturated rings. The average Bonchev–Trinajstić information content (AvgIpc) is 2.41. The number of carbonyl (C=O) groups is 1. The average molecular weight is 284 g/mol. The van der Waals surface area contributed by atoms with E-state index in [4.69, 9.17) is 0 Å². The topological polar surface area (TPSA) is 17.1 Å². The maximum Gasteiger partial charge on any atom is 0.163 e. The van der Waals surface area contributed by atoms with Gasteiger partial charge in [0.15, 0.2) is 5.78 Å². The summed E-state index contributed by atoms with van der Waals surface area (Å²) in [7, 11) is 0. The highest BCUT2D eigenvalue weighted by Gasteiger charge is 2.51. The summed E-state index contributed by atoms with van der Waals surface area (Å²) in [6, 6.07) is 6.67. The van der Waals surface area contributed by atoms with Crippen LogP contribution in [0.4, 0.5) is 0 Å². The van der Waals surface area contributed by atoms with Gasteiger partial charge in [-0.15, -0.1) is 0 Å². The lowest BCUT2D eigenvalue weighted by atomic mass is 9.50. The van der Waals surface area contributed by atoms with Gasteiger partial charge in [-0.2, -0.15) is 0 Å². The van der Waals surface area contributed by atoms with Crippen LogP contribution in [0.15, 0.2) is 18.2 Å². The highest BCUT2D eigenvalue weighted by molar-refractivity contribution is 5.99. The van der Waals surface area contributed by atoms with Crippen molar-refractivity contribution < 1.29 is 4.79 Å². The summed E-state index contributed by atoms with van der Waals surface area (Å²) < 4.78 is 0. The molecule has 0 N–H and O–H groups in total. The number of hydrogen-bond acceptors (Lipinski definition) is 1. The zero-order chi connectivity index (χ0) is 15.4. The molecule has 0 aromatic heterocycles. The zero-order valence-corrected chi connectivity index (χ0v) is 14.1. The Bertz CT molecular complexity index is 582. The van der Waals surface area contributed by atoms with Crippen LogP contribution in [0.25, 0.3) is 0 Å². The molecule has 0 aliphatic heterocycles. The second-order valence-corrected chi connectivity index (χ2v) is 8.40. The van der Waals surface area contributed by atoms with Crippen molar-refractivity contribution in [2.45, 2.75) is 71.6 Å². The van der Waals surface area contributed by atoms with Gasteiger partial charge in [-0.05, 0) is 52.7 Å². The largest absolute Gasteiger partial charge is 0.294 e. The SMILES string of the molecule is CC(C)c1ccc2c(c1)C(=O)CC1C(C)(C)CCCC21C. The maximum absolute atomic E-state index is 12.7. The molecule has 3 rings (SSSR count). The van der Waals surface area contributed by atoms with Crippen LogP contribution < -0.4 is 0 Å². The Balaban J connectivity index is 2.15. The first-order valence-corrected chi connectivity index (χ1v) is 8.43. The minimum Gasteiger partial charge on any atom is -0.294 e. The molecular formula is C20H28O. The van der Waals surface area contributed by atoms with Crippen molar-refractivity contribution in [1.29, 1.82) is 0 Å². The molecule has 2 aliphatic rings. The van der Waals surface area contributed by atoms with Crippen LogP contribution in [-0.2, 0) is 5.41 Å². The van der Waals surface area contributed by atoms with Gasteiger partial charge in [0, 0.05) is 12.0 Å². The van der Waals surface area contributed by atoms with Crippen molar-refractivity contribution in [3.8, 4) is 0 Å². The monoisotopic (exact) mass is 284 g/mol. The minimum absolute atomic E-state index is 0.181. The maximum atomic E-state index is 12.7. The van der Waals surface area contributed by atoms with E-state index in [-0.39, 0.29) is 10.8 Å². The van der Waals surface area contributed by atoms with Gasteiger partial charge in [-0.3, -0.25) is 4.79 Å². The van der Waals surface area contributed by atoms with Crippen LogP contribution in [0.2, 0.25) is 0 Å². The van der Waals surface area contributed by atoms with Gasteiger partial charge < -0.3 is 0 Å². The molecule has 0 saturated heterocycles. The first kappa shape index (κ1) is 14.8. The van der Waals surface area contributed by atoms with E-state index in [1.54, 1.807) is 0 Å². The van der Waals surface area contributed by atoms with E-state index < -0.39 is 0 Å². The number of benzene rings is 1. The minimum atomic E-state index is 0.181. The van der Waals surface area contributed by atoms with E-state index in [1.807, 2.05) is 0 Å². The summed E-state index contributed by atoms with van der Waals surface area (Å²) in [6.07, 6.45) is 4.49. The third-order valence-electron chi connectivity index (χ3n) is 6.25. The number of fused-ring (bicyclic) bond motifs is 3. The summed E-state index contributed by atoms with van der Waals surface area (Å²) in [6.45, 7) is 11.5. The van der Waals surface area contributed by atoms with Crippen LogP contribution in [-0.4, -0.2) is 5.78 Å². The number of carbonyl (C=O) groups excluding carboxylic acids is 1. The molecule has 2 unspecified atom stereocenters. The van der Waals surface area contributed by atoms with E-state index in [0.717, 1.165) is 12.0 Å². The molecule has 2 atom stereocenters. The van der Waals surface area contributed by atoms with Crippen molar-refractivity contribution in [1.82, 2.24) is 0 Å². The van der Waals surface area contributed by atoms with E-state index in [1.165, 1.54) is 30.4 Å². The fourth-order valence-corrected chi connectivity index (χ4v) is 4.89. The molecule has 1 nitrogen and oxygen atoms in total. The van der Waals surface area contributed by atoms with Gasteiger partial charge in [-0.25, -0.2) is 0 Å². The molecular weight excluding hydrogens is 256 g/mol. The summed E-state index contributed by atoms with van der Waals surface area (Å²) >= 11 is 0. The first-order chi connectivity index (χ1) is 9.75. The standard InChI is InChI=1S/C20H28O/c1-13(2)14-7-8-16-15(11-14)17(21)12-18-19(3,4)9-6-10-20(16,18)5/h7-8,11,13,18H,6,9-10,12H2,1-5H3. The Labute approximate surface area is 129 Å². The van der Waals surface area contributed by atoms with E-state index >= 15 is 0 Å². The Kier molecular flexibility index (Phi) is 3.31. The van der Waals surface area contributed by atoms with Gasteiger partial charge in [0.05, 0.1) is 0 Å². The molecule has 1 aromatic rings. The first-order valence-electron chi connectivity index (χ1n) is 8.43. The molecule has 0 amide bonds. The molecule has 114 valence electrons. The molecule has 0 heterocycles. The second kappa shape index (κ2) is 4.69. The van der Waals surface area contributed by atoms with Crippen LogP contribution in [0.1, 0.15) is 87.7 Å². The van der Waals surface area contributed by atoms with Crippen molar-refractivity contribution in [3.63, 3.8) is 0 Å². The predicted molar refractivity (Wildman–Crippen MR) is 88.0 cm³/mol. The van der Waals surface area contributed by atoms with Crippen molar-refractivity contribution >= 4 is 5.78 Å². The predicted octanol–water partition coefficient (Wildman–Crippen LogP) is 5.48. The van der Waals surface area contributed by atoms with Gasteiger partial charge in [0.1, 0.15) is 0 Å².